The summed E-state index contributed by atoms with van der Waals surface area (Å²) in [7, 11) is 6.15. The first kappa shape index (κ1) is 19.9. The van der Waals surface area contributed by atoms with Gasteiger partial charge in [0.2, 0.25) is 5.91 Å². The minimum atomic E-state index is -1.06. The Morgan fingerprint density at radius 1 is 1.44 bits per heavy atom. The van der Waals surface area contributed by atoms with E-state index in [0.29, 0.717) is 24.5 Å². The Morgan fingerprint density at radius 3 is 2.67 bits per heavy atom. The van der Waals surface area contributed by atoms with Crippen molar-refractivity contribution in [3.63, 3.8) is 0 Å². The average molecular weight is 406 g/mol. The second-order valence-electron chi connectivity index (χ2n) is 7.09. The number of amides is 2. The molecule has 2 amide bonds. The molecule has 8 heteroatoms. The van der Waals surface area contributed by atoms with Gasteiger partial charge in [0.1, 0.15) is 5.75 Å². The highest BCUT2D eigenvalue weighted by molar-refractivity contribution is 8.77. The van der Waals surface area contributed by atoms with E-state index in [9.17, 15) is 14.9 Å². The largest absolute Gasteiger partial charge is 0.497 e. The fourth-order valence-electron chi connectivity index (χ4n) is 3.89. The first-order chi connectivity index (χ1) is 12.8. The minimum Gasteiger partial charge on any atom is -0.497 e. The molecule has 3 rings (SSSR count). The standard InChI is InChI=1S/C19H23N3O3S2/c1-5-21(3)17(24)19-11-18(2,12-20)16(22(19)15(23)10-26-27-19)13-6-8-14(25-4)9-7-13/h6-9,16H,5,10-11H2,1-4H3/t16-,18+,19-/m0/s1. The van der Waals surface area contributed by atoms with Crippen LogP contribution in [0.1, 0.15) is 31.9 Å². The van der Waals surface area contributed by atoms with Crippen molar-refractivity contribution in [1.82, 2.24) is 9.80 Å². The Labute approximate surface area is 167 Å². The molecule has 2 fully saturated rings. The summed E-state index contributed by atoms with van der Waals surface area (Å²) in [6.45, 7) is 4.30. The monoisotopic (exact) mass is 405 g/mol. The number of benzene rings is 1. The molecule has 6 nitrogen and oxygen atoms in total. The highest BCUT2D eigenvalue weighted by Gasteiger charge is 2.66. The molecule has 0 radical (unpaired) electrons. The predicted molar refractivity (Wildman–Crippen MR) is 107 cm³/mol. The molecule has 2 heterocycles. The number of methoxy groups -OCH3 is 1. The normalized spacial score (nSPS) is 29.8. The van der Waals surface area contributed by atoms with E-state index in [1.54, 1.807) is 24.0 Å². The summed E-state index contributed by atoms with van der Waals surface area (Å²) < 4.78 is 5.23. The van der Waals surface area contributed by atoms with Gasteiger partial charge >= 0.3 is 0 Å². The lowest BCUT2D eigenvalue weighted by Crippen LogP contribution is -2.57. The van der Waals surface area contributed by atoms with E-state index in [4.69, 9.17) is 4.74 Å². The maximum absolute atomic E-state index is 13.3. The van der Waals surface area contributed by atoms with Crippen LogP contribution in [0, 0.1) is 16.7 Å². The zero-order chi connectivity index (χ0) is 19.8. The molecule has 27 heavy (non-hydrogen) atoms. The van der Waals surface area contributed by atoms with Gasteiger partial charge in [-0.25, -0.2) is 0 Å². The molecule has 0 unspecified atom stereocenters. The zero-order valence-electron chi connectivity index (χ0n) is 15.9. The number of hydrogen-bond donors (Lipinski definition) is 0. The molecule has 1 aromatic carbocycles. The van der Waals surface area contributed by atoms with Crippen molar-refractivity contribution >= 4 is 33.4 Å². The first-order valence-electron chi connectivity index (χ1n) is 8.76. The van der Waals surface area contributed by atoms with Crippen LogP contribution in [-0.4, -0.2) is 52.9 Å². The molecule has 0 aliphatic carbocycles. The SMILES string of the molecule is CCN(C)C(=O)[C@@]12C[C@](C)(C#N)[C@H](c3ccc(OC)cc3)N1C(=O)CSS2. The second kappa shape index (κ2) is 7.28. The van der Waals surface area contributed by atoms with Gasteiger partial charge in [-0.15, -0.1) is 0 Å². The third-order valence-corrected chi connectivity index (χ3v) is 8.16. The van der Waals surface area contributed by atoms with Gasteiger partial charge in [-0.2, -0.15) is 5.26 Å². The number of fused-ring (bicyclic) bond motifs is 1. The summed E-state index contributed by atoms with van der Waals surface area (Å²) in [4.78, 5) is 28.6. The van der Waals surface area contributed by atoms with Crippen LogP contribution < -0.4 is 4.74 Å². The lowest BCUT2D eigenvalue weighted by atomic mass is 9.79. The molecule has 0 bridgehead atoms. The molecule has 2 aliphatic heterocycles. The molecule has 0 N–H and O–H groups in total. The van der Waals surface area contributed by atoms with Crippen LogP contribution >= 0.6 is 21.6 Å². The lowest BCUT2D eigenvalue weighted by molar-refractivity contribution is -0.145. The maximum atomic E-state index is 13.3. The van der Waals surface area contributed by atoms with Crippen molar-refractivity contribution < 1.29 is 14.3 Å². The zero-order valence-corrected chi connectivity index (χ0v) is 17.5. The number of nitrogens with zero attached hydrogens (tertiary/aromatic N) is 3. The first-order valence-corrected chi connectivity index (χ1v) is 11.1. The lowest BCUT2D eigenvalue weighted by Gasteiger charge is -2.43. The van der Waals surface area contributed by atoms with Crippen molar-refractivity contribution in [3.8, 4) is 11.8 Å². The van der Waals surface area contributed by atoms with Crippen LogP contribution in [0.3, 0.4) is 0 Å². The van der Waals surface area contributed by atoms with Gasteiger partial charge in [-0.05, 0) is 31.5 Å². The summed E-state index contributed by atoms with van der Waals surface area (Å²) in [5.41, 5.74) is -0.0265. The van der Waals surface area contributed by atoms with Gasteiger partial charge in [0.05, 0.1) is 30.4 Å². The summed E-state index contributed by atoms with van der Waals surface area (Å²) in [5, 5.41) is 10.0. The number of carbonyl (C=O) groups excluding carboxylic acids is 2. The molecule has 0 saturated carbocycles. The van der Waals surface area contributed by atoms with Crippen LogP contribution in [-0.2, 0) is 9.59 Å². The number of nitriles is 1. The summed E-state index contributed by atoms with van der Waals surface area (Å²) >= 11 is 0. The summed E-state index contributed by atoms with van der Waals surface area (Å²) in [5.74, 6) is 0.784. The van der Waals surface area contributed by atoms with E-state index in [2.05, 4.69) is 6.07 Å². The van der Waals surface area contributed by atoms with E-state index in [0.717, 1.165) is 5.56 Å². The smallest absolute Gasteiger partial charge is 0.259 e. The Balaban J connectivity index is 2.15. The van der Waals surface area contributed by atoms with Crippen molar-refractivity contribution in [3.05, 3.63) is 29.8 Å². The second-order valence-corrected chi connectivity index (χ2v) is 9.67. The Bertz CT molecular complexity index is 794. The van der Waals surface area contributed by atoms with Crippen LogP contribution in [0.25, 0.3) is 0 Å². The number of carbonyl (C=O) groups is 2. The molecule has 0 spiro atoms. The third kappa shape index (κ3) is 3.07. The molecule has 2 saturated heterocycles. The Kier molecular flexibility index (Phi) is 5.37. The number of ether oxygens (including phenoxy) is 1. The fraction of sp³-hybridized carbons (Fsp3) is 0.526. The predicted octanol–water partition coefficient (Wildman–Crippen LogP) is 3.07. The van der Waals surface area contributed by atoms with E-state index in [1.165, 1.54) is 21.6 Å². The van der Waals surface area contributed by atoms with Crippen molar-refractivity contribution in [2.24, 2.45) is 5.41 Å². The molecule has 2 aliphatic rings. The van der Waals surface area contributed by atoms with Crippen LogP contribution in [0.2, 0.25) is 0 Å². The minimum absolute atomic E-state index is 0.101. The van der Waals surface area contributed by atoms with Gasteiger partial charge in [-0.1, -0.05) is 33.7 Å². The summed E-state index contributed by atoms with van der Waals surface area (Å²) in [6, 6.07) is 9.33. The number of likely N-dealkylation sites (N-methyl/N-ethyl adjacent to an activating group) is 1. The highest BCUT2D eigenvalue weighted by Crippen LogP contribution is 2.62. The van der Waals surface area contributed by atoms with E-state index in [1.807, 2.05) is 38.1 Å². The average Bonchev–Trinajstić information content (AvgIpc) is 2.98. The topological polar surface area (TPSA) is 73.6 Å². The quantitative estimate of drug-likeness (QED) is 0.717. The van der Waals surface area contributed by atoms with Crippen LogP contribution in [0.4, 0.5) is 0 Å². The molecular formula is C19H23N3O3S2. The maximum Gasteiger partial charge on any atom is 0.259 e. The molecule has 1 aromatic rings. The third-order valence-electron chi connectivity index (χ3n) is 5.35. The van der Waals surface area contributed by atoms with Crippen molar-refractivity contribution in [2.45, 2.75) is 31.2 Å². The van der Waals surface area contributed by atoms with E-state index in [-0.39, 0.29) is 11.8 Å². The van der Waals surface area contributed by atoms with Gasteiger partial charge in [0, 0.05) is 20.0 Å². The highest BCUT2D eigenvalue weighted by atomic mass is 33.1. The van der Waals surface area contributed by atoms with Crippen LogP contribution in [0.15, 0.2) is 24.3 Å². The van der Waals surface area contributed by atoms with Crippen molar-refractivity contribution in [1.29, 1.82) is 5.26 Å². The Hall–Kier alpha value is -1.85. The van der Waals surface area contributed by atoms with Crippen molar-refractivity contribution in [2.75, 3.05) is 26.5 Å². The number of hydrogen-bond acceptors (Lipinski definition) is 6. The summed E-state index contributed by atoms with van der Waals surface area (Å²) in [6.07, 6.45) is 0.305. The fourth-order valence-corrected chi connectivity index (χ4v) is 6.96. The van der Waals surface area contributed by atoms with E-state index < -0.39 is 16.3 Å². The molecular weight excluding hydrogens is 382 g/mol. The molecule has 144 valence electrons. The van der Waals surface area contributed by atoms with E-state index >= 15 is 0 Å². The Morgan fingerprint density at radius 2 is 2.11 bits per heavy atom. The molecule has 3 atom stereocenters. The van der Waals surface area contributed by atoms with Gasteiger partial charge in [0.15, 0.2) is 4.87 Å². The van der Waals surface area contributed by atoms with Gasteiger partial charge in [0.25, 0.3) is 5.91 Å². The van der Waals surface area contributed by atoms with Crippen LogP contribution in [0.5, 0.6) is 5.75 Å². The van der Waals surface area contributed by atoms with Gasteiger partial charge in [-0.3, -0.25) is 9.59 Å². The number of rotatable bonds is 4. The van der Waals surface area contributed by atoms with Gasteiger partial charge < -0.3 is 14.5 Å². The molecule has 0 aromatic heterocycles.